The van der Waals surface area contributed by atoms with E-state index >= 15 is 0 Å². The summed E-state index contributed by atoms with van der Waals surface area (Å²) >= 11 is 0. The Balaban J connectivity index is 2.75. The lowest BCUT2D eigenvalue weighted by Crippen LogP contribution is -2.01. The topological polar surface area (TPSA) is 17.1 Å². The summed E-state index contributed by atoms with van der Waals surface area (Å²) in [5, 5.41) is 0. The quantitative estimate of drug-likeness (QED) is 0.737. The zero-order valence-electron chi connectivity index (χ0n) is 9.51. The lowest BCUT2D eigenvalue weighted by Gasteiger charge is -2.09. The summed E-state index contributed by atoms with van der Waals surface area (Å²) in [6.45, 7) is 1.18. The molecule has 0 aromatic heterocycles. The molecular formula is C14H9F3O. The minimum Gasteiger partial charge on any atom is -0.294 e. The van der Waals surface area contributed by atoms with Crippen molar-refractivity contribution in [1.82, 2.24) is 0 Å². The maximum absolute atomic E-state index is 13.6. The van der Waals surface area contributed by atoms with Gasteiger partial charge in [0.15, 0.2) is 5.78 Å². The summed E-state index contributed by atoms with van der Waals surface area (Å²) in [7, 11) is 0. The van der Waals surface area contributed by atoms with Crippen molar-refractivity contribution in [1.29, 1.82) is 0 Å². The molecule has 0 saturated carbocycles. The van der Waals surface area contributed by atoms with Gasteiger partial charge in [-0.25, -0.2) is 13.2 Å². The first-order chi connectivity index (χ1) is 8.50. The Labute approximate surface area is 102 Å². The van der Waals surface area contributed by atoms with Crippen LogP contribution in [-0.4, -0.2) is 5.78 Å². The molecule has 2 aromatic carbocycles. The maximum atomic E-state index is 13.6. The van der Waals surface area contributed by atoms with Crippen molar-refractivity contribution in [2.24, 2.45) is 0 Å². The average molecular weight is 250 g/mol. The van der Waals surface area contributed by atoms with Gasteiger partial charge in [-0.05, 0) is 36.8 Å². The van der Waals surface area contributed by atoms with Gasteiger partial charge in [0, 0.05) is 5.56 Å². The van der Waals surface area contributed by atoms with Crippen molar-refractivity contribution in [2.75, 3.05) is 0 Å². The Morgan fingerprint density at radius 3 is 2.33 bits per heavy atom. The molecule has 0 bridgehead atoms. The highest BCUT2D eigenvalue weighted by molar-refractivity contribution is 6.01. The molecule has 1 nitrogen and oxygen atoms in total. The van der Waals surface area contributed by atoms with Crippen LogP contribution in [-0.2, 0) is 0 Å². The molecule has 2 rings (SSSR count). The van der Waals surface area contributed by atoms with Gasteiger partial charge in [-0.15, -0.1) is 0 Å². The van der Waals surface area contributed by atoms with Crippen LogP contribution >= 0.6 is 0 Å². The summed E-state index contributed by atoms with van der Waals surface area (Å²) in [6.07, 6.45) is 0. The number of hydrogen-bond acceptors (Lipinski definition) is 1. The van der Waals surface area contributed by atoms with E-state index in [2.05, 4.69) is 0 Å². The van der Waals surface area contributed by atoms with Crippen LogP contribution in [0.2, 0.25) is 0 Å². The second-order valence-electron chi connectivity index (χ2n) is 3.84. The third-order valence-corrected chi connectivity index (χ3v) is 2.58. The Hall–Kier alpha value is -2.10. The van der Waals surface area contributed by atoms with E-state index in [0.717, 1.165) is 24.3 Å². The van der Waals surface area contributed by atoms with Crippen molar-refractivity contribution in [3.05, 3.63) is 59.4 Å². The zero-order chi connectivity index (χ0) is 13.3. The van der Waals surface area contributed by atoms with E-state index in [0.29, 0.717) is 0 Å². The van der Waals surface area contributed by atoms with Gasteiger partial charge in [0.05, 0.1) is 5.56 Å². The first-order valence-electron chi connectivity index (χ1n) is 5.25. The minimum atomic E-state index is -0.747. The number of Topliss-reactive ketones (excluding diaryl/α,β-unsaturated/α-hetero) is 1. The van der Waals surface area contributed by atoms with Crippen molar-refractivity contribution in [2.45, 2.75) is 6.92 Å². The zero-order valence-corrected chi connectivity index (χ0v) is 9.51. The van der Waals surface area contributed by atoms with Gasteiger partial charge in [-0.2, -0.15) is 0 Å². The molecule has 92 valence electrons. The van der Waals surface area contributed by atoms with E-state index in [1.165, 1.54) is 19.1 Å². The number of hydrogen-bond donors (Lipinski definition) is 0. The maximum Gasteiger partial charge on any atom is 0.163 e. The number of carbonyl (C=O) groups excluding carboxylic acids is 1. The molecule has 0 aliphatic heterocycles. The molecule has 0 N–H and O–H groups in total. The fraction of sp³-hybridized carbons (Fsp3) is 0.0714. The molecule has 2 aromatic rings. The molecule has 0 fully saturated rings. The van der Waals surface area contributed by atoms with E-state index in [9.17, 15) is 18.0 Å². The second kappa shape index (κ2) is 4.64. The van der Waals surface area contributed by atoms with Crippen LogP contribution in [0.4, 0.5) is 13.2 Å². The van der Waals surface area contributed by atoms with Crippen molar-refractivity contribution in [3.63, 3.8) is 0 Å². The Kier molecular flexibility index (Phi) is 3.19. The monoisotopic (exact) mass is 250 g/mol. The minimum absolute atomic E-state index is 0.0551. The highest BCUT2D eigenvalue weighted by Crippen LogP contribution is 2.29. The standard InChI is InChI=1S/C14H9F3O/c1-8(18)14-10(3-2-4-13(14)17)11-7-9(15)5-6-12(11)16/h2-7H,1H3. The number of carbonyl (C=O) groups is 1. The van der Waals surface area contributed by atoms with Gasteiger partial charge >= 0.3 is 0 Å². The number of halogens is 3. The van der Waals surface area contributed by atoms with Gasteiger partial charge < -0.3 is 0 Å². The van der Waals surface area contributed by atoms with Crippen LogP contribution in [0.25, 0.3) is 11.1 Å². The Bertz CT molecular complexity index is 620. The van der Waals surface area contributed by atoms with Crippen LogP contribution < -0.4 is 0 Å². The van der Waals surface area contributed by atoms with E-state index < -0.39 is 23.2 Å². The van der Waals surface area contributed by atoms with Crippen molar-refractivity contribution in [3.8, 4) is 11.1 Å². The average Bonchev–Trinajstić information content (AvgIpc) is 2.31. The Morgan fingerprint density at radius 1 is 0.944 bits per heavy atom. The van der Waals surface area contributed by atoms with Gasteiger partial charge in [0.1, 0.15) is 17.5 Å². The molecule has 0 aliphatic carbocycles. The van der Waals surface area contributed by atoms with Gasteiger partial charge in [-0.1, -0.05) is 12.1 Å². The lowest BCUT2D eigenvalue weighted by molar-refractivity contribution is 0.101. The molecule has 0 saturated heterocycles. The predicted molar refractivity (Wildman–Crippen MR) is 61.8 cm³/mol. The van der Waals surface area contributed by atoms with Gasteiger partial charge in [0.25, 0.3) is 0 Å². The fourth-order valence-corrected chi connectivity index (χ4v) is 1.81. The Morgan fingerprint density at radius 2 is 1.67 bits per heavy atom. The van der Waals surface area contributed by atoms with E-state index in [1.807, 2.05) is 0 Å². The van der Waals surface area contributed by atoms with E-state index in [-0.39, 0.29) is 16.7 Å². The van der Waals surface area contributed by atoms with E-state index in [4.69, 9.17) is 0 Å². The first-order valence-corrected chi connectivity index (χ1v) is 5.25. The van der Waals surface area contributed by atoms with Crippen molar-refractivity contribution < 1.29 is 18.0 Å². The van der Waals surface area contributed by atoms with Crippen LogP contribution in [0.15, 0.2) is 36.4 Å². The second-order valence-corrected chi connectivity index (χ2v) is 3.84. The third kappa shape index (κ3) is 2.14. The summed E-state index contributed by atoms with van der Waals surface area (Å²) in [4.78, 5) is 11.4. The summed E-state index contributed by atoms with van der Waals surface area (Å²) in [5.74, 6) is -2.63. The third-order valence-electron chi connectivity index (χ3n) is 2.58. The van der Waals surface area contributed by atoms with E-state index in [1.54, 1.807) is 0 Å². The molecule has 0 heterocycles. The SMILES string of the molecule is CC(=O)c1c(F)cccc1-c1cc(F)ccc1F. The summed E-state index contributed by atoms with van der Waals surface area (Å²) < 4.78 is 40.3. The molecular weight excluding hydrogens is 241 g/mol. The highest BCUT2D eigenvalue weighted by atomic mass is 19.1. The predicted octanol–water partition coefficient (Wildman–Crippen LogP) is 3.97. The number of benzene rings is 2. The summed E-state index contributed by atoms with van der Waals surface area (Å²) in [6, 6.07) is 6.69. The highest BCUT2D eigenvalue weighted by Gasteiger charge is 2.17. The molecule has 0 aliphatic rings. The lowest BCUT2D eigenvalue weighted by atomic mass is 9.96. The fourth-order valence-electron chi connectivity index (χ4n) is 1.81. The van der Waals surface area contributed by atoms with Crippen molar-refractivity contribution >= 4 is 5.78 Å². The van der Waals surface area contributed by atoms with Gasteiger partial charge in [0.2, 0.25) is 0 Å². The van der Waals surface area contributed by atoms with Gasteiger partial charge in [-0.3, -0.25) is 4.79 Å². The molecule has 0 radical (unpaired) electrons. The van der Waals surface area contributed by atoms with Crippen LogP contribution in [0.1, 0.15) is 17.3 Å². The molecule has 4 heteroatoms. The largest absolute Gasteiger partial charge is 0.294 e. The molecule has 18 heavy (non-hydrogen) atoms. The molecule has 0 spiro atoms. The smallest absolute Gasteiger partial charge is 0.163 e. The first kappa shape index (κ1) is 12.4. The van der Waals surface area contributed by atoms with Crippen LogP contribution in [0.5, 0.6) is 0 Å². The summed E-state index contributed by atoms with van der Waals surface area (Å²) in [5.41, 5.74) is -0.304. The molecule has 0 unspecified atom stereocenters. The number of rotatable bonds is 2. The molecule has 0 amide bonds. The van der Waals surface area contributed by atoms with Crippen LogP contribution in [0.3, 0.4) is 0 Å². The number of ketones is 1. The normalized spacial score (nSPS) is 10.4. The van der Waals surface area contributed by atoms with Crippen LogP contribution in [0, 0.1) is 17.5 Å². The molecule has 0 atom stereocenters.